The Labute approximate surface area is 191 Å². The van der Waals surface area contributed by atoms with Gasteiger partial charge in [0, 0.05) is 29.1 Å². The zero-order valence-corrected chi connectivity index (χ0v) is 19.4. The molecule has 5 nitrogen and oxygen atoms in total. The van der Waals surface area contributed by atoms with Gasteiger partial charge in [0.15, 0.2) is 23.8 Å². The number of ketones is 2. The third-order valence-corrected chi connectivity index (χ3v) is 9.37. The van der Waals surface area contributed by atoms with E-state index in [1.54, 1.807) is 20.8 Å². The molecule has 33 heavy (non-hydrogen) atoms. The standard InChI is InChI=1S/C25H31F3O5/c1-5-20(32)33-25(19(31)12-26)13(2)10-16-14-6-7-15-21(27)17(29)8-9-22(15,3)24(14,28)18(30)11-23(16,25)4/h8-9,13-14,16,18,30H,5-7,10-12H2,1-4H3/t13-,14-,16-,18-,22-,23-,24-,25-/m0/s1. The summed E-state index contributed by atoms with van der Waals surface area (Å²) in [7, 11) is 0. The molecular formula is C25H31F3O5. The van der Waals surface area contributed by atoms with Gasteiger partial charge < -0.3 is 9.84 Å². The first kappa shape index (κ1) is 24.2. The van der Waals surface area contributed by atoms with Crippen LogP contribution in [-0.4, -0.2) is 46.7 Å². The van der Waals surface area contributed by atoms with Crippen LogP contribution in [0.4, 0.5) is 13.2 Å². The van der Waals surface area contributed by atoms with Crippen molar-refractivity contribution in [1.29, 1.82) is 0 Å². The van der Waals surface area contributed by atoms with Crippen LogP contribution >= 0.6 is 0 Å². The van der Waals surface area contributed by atoms with Gasteiger partial charge in [0.25, 0.3) is 0 Å². The summed E-state index contributed by atoms with van der Waals surface area (Å²) in [6.07, 6.45) is 1.02. The molecule has 3 saturated carbocycles. The lowest BCUT2D eigenvalue weighted by Gasteiger charge is -2.62. The summed E-state index contributed by atoms with van der Waals surface area (Å²) < 4.78 is 51.5. The average molecular weight is 469 g/mol. The highest BCUT2D eigenvalue weighted by molar-refractivity contribution is 6.04. The number of Topliss-reactive ketones (excluding diaryl/α,β-unsaturated/α-hetero) is 1. The van der Waals surface area contributed by atoms with E-state index >= 15 is 4.39 Å². The summed E-state index contributed by atoms with van der Waals surface area (Å²) in [6.45, 7) is 5.10. The largest absolute Gasteiger partial charge is 0.450 e. The average Bonchev–Trinajstić information content (AvgIpc) is 2.99. The van der Waals surface area contributed by atoms with Crippen LogP contribution in [0, 0.1) is 28.6 Å². The monoisotopic (exact) mass is 468 g/mol. The molecule has 182 valence electrons. The highest BCUT2D eigenvalue weighted by Gasteiger charge is 2.77. The number of hydrogen-bond donors (Lipinski definition) is 1. The van der Waals surface area contributed by atoms with E-state index in [1.165, 1.54) is 13.0 Å². The molecule has 4 aliphatic carbocycles. The molecule has 8 heteroatoms. The summed E-state index contributed by atoms with van der Waals surface area (Å²) in [6, 6.07) is 0. The molecule has 4 aliphatic rings. The molecule has 0 aliphatic heterocycles. The van der Waals surface area contributed by atoms with Crippen LogP contribution in [0.3, 0.4) is 0 Å². The van der Waals surface area contributed by atoms with Crippen molar-refractivity contribution in [2.75, 3.05) is 6.67 Å². The molecule has 8 atom stereocenters. The minimum Gasteiger partial charge on any atom is -0.450 e. The quantitative estimate of drug-likeness (QED) is 0.628. The van der Waals surface area contributed by atoms with Crippen LogP contribution in [0.25, 0.3) is 0 Å². The molecule has 0 aromatic carbocycles. The van der Waals surface area contributed by atoms with Crippen molar-refractivity contribution < 1.29 is 37.4 Å². The third kappa shape index (κ3) is 2.73. The van der Waals surface area contributed by atoms with Gasteiger partial charge in [-0.15, -0.1) is 0 Å². The van der Waals surface area contributed by atoms with Gasteiger partial charge in [0.05, 0.1) is 6.10 Å². The molecule has 0 heterocycles. The zero-order chi connectivity index (χ0) is 24.6. The summed E-state index contributed by atoms with van der Waals surface area (Å²) in [5.74, 6) is -5.24. The van der Waals surface area contributed by atoms with Gasteiger partial charge in [-0.1, -0.05) is 26.8 Å². The molecule has 1 N–H and O–H groups in total. The van der Waals surface area contributed by atoms with Crippen LogP contribution in [0.1, 0.15) is 59.8 Å². The summed E-state index contributed by atoms with van der Waals surface area (Å²) in [5.41, 5.74) is -6.81. The molecule has 0 spiro atoms. The number of alkyl halides is 2. The smallest absolute Gasteiger partial charge is 0.306 e. The molecule has 0 aromatic rings. The number of rotatable bonds is 4. The van der Waals surface area contributed by atoms with Gasteiger partial charge in [-0.3, -0.25) is 14.4 Å². The molecule has 4 rings (SSSR count). The van der Waals surface area contributed by atoms with Crippen molar-refractivity contribution in [3.63, 3.8) is 0 Å². The lowest BCUT2D eigenvalue weighted by molar-refractivity contribution is -0.228. The van der Waals surface area contributed by atoms with E-state index in [4.69, 9.17) is 4.74 Å². The Kier molecular flexibility index (Phi) is 5.51. The second-order valence-electron chi connectivity index (χ2n) is 10.6. The van der Waals surface area contributed by atoms with E-state index in [9.17, 15) is 28.3 Å². The maximum absolute atomic E-state index is 17.2. The number of carbonyl (C=O) groups excluding carboxylic acids is 3. The maximum atomic E-state index is 17.2. The van der Waals surface area contributed by atoms with Gasteiger partial charge in [-0.05, 0) is 50.2 Å². The van der Waals surface area contributed by atoms with Gasteiger partial charge in [-0.2, -0.15) is 0 Å². The molecule has 0 amide bonds. The molecule has 0 radical (unpaired) electrons. The normalized spacial score (nSPS) is 46.5. The summed E-state index contributed by atoms with van der Waals surface area (Å²) >= 11 is 0. The fraction of sp³-hybridized carbons (Fsp3) is 0.720. The Morgan fingerprint density at radius 2 is 1.94 bits per heavy atom. The third-order valence-electron chi connectivity index (χ3n) is 9.37. The Balaban J connectivity index is 1.87. The number of halogens is 3. The highest BCUT2D eigenvalue weighted by atomic mass is 19.1. The van der Waals surface area contributed by atoms with Gasteiger partial charge >= 0.3 is 5.97 Å². The minimum absolute atomic E-state index is 0.0157. The first-order valence-electron chi connectivity index (χ1n) is 11.7. The van der Waals surface area contributed by atoms with Crippen LogP contribution in [0.5, 0.6) is 0 Å². The molecule has 0 aromatic heterocycles. The first-order valence-corrected chi connectivity index (χ1v) is 11.7. The van der Waals surface area contributed by atoms with Crippen molar-refractivity contribution in [1.82, 2.24) is 0 Å². The van der Waals surface area contributed by atoms with E-state index in [0.717, 1.165) is 6.08 Å². The number of ether oxygens (including phenoxy) is 1. The molecular weight excluding hydrogens is 437 g/mol. The fourth-order valence-corrected chi connectivity index (χ4v) is 7.83. The Bertz CT molecular complexity index is 975. The van der Waals surface area contributed by atoms with E-state index in [0.29, 0.717) is 6.42 Å². The predicted molar refractivity (Wildman–Crippen MR) is 113 cm³/mol. The zero-order valence-electron chi connectivity index (χ0n) is 19.4. The topological polar surface area (TPSA) is 80.7 Å². The second-order valence-corrected chi connectivity index (χ2v) is 10.6. The van der Waals surface area contributed by atoms with Crippen molar-refractivity contribution >= 4 is 17.5 Å². The molecule has 0 saturated heterocycles. The first-order chi connectivity index (χ1) is 15.3. The maximum Gasteiger partial charge on any atom is 0.306 e. The van der Waals surface area contributed by atoms with E-state index in [-0.39, 0.29) is 31.3 Å². The number of aliphatic hydroxyl groups excluding tert-OH is 1. The predicted octanol–water partition coefficient (Wildman–Crippen LogP) is 4.13. The van der Waals surface area contributed by atoms with Crippen LogP contribution in [0.15, 0.2) is 23.6 Å². The van der Waals surface area contributed by atoms with Crippen molar-refractivity contribution in [3.05, 3.63) is 23.6 Å². The SMILES string of the molecule is CCC(=O)O[C@]1(C(=O)CF)[C@@H](C)C[C@H]2[C@@H]3CCC4=C(F)C(=O)C=C[C@]4(C)[C@@]3(F)[C@@H](O)C[C@@]21C. The van der Waals surface area contributed by atoms with E-state index < -0.39 is 76.0 Å². The van der Waals surface area contributed by atoms with E-state index in [1.807, 2.05) is 0 Å². The molecule has 0 bridgehead atoms. The second kappa shape index (κ2) is 7.52. The fourth-order valence-electron chi connectivity index (χ4n) is 7.83. The van der Waals surface area contributed by atoms with Gasteiger partial charge in [-0.25, -0.2) is 13.2 Å². The summed E-state index contributed by atoms with van der Waals surface area (Å²) in [4.78, 5) is 37.3. The number of allylic oxidation sites excluding steroid dienone is 4. The highest BCUT2D eigenvalue weighted by Crippen LogP contribution is 2.71. The van der Waals surface area contributed by atoms with E-state index in [2.05, 4.69) is 0 Å². The number of fused-ring (bicyclic) bond motifs is 5. The number of carbonyl (C=O) groups is 3. The van der Waals surface area contributed by atoms with Crippen LogP contribution in [0.2, 0.25) is 0 Å². The lowest BCUT2D eigenvalue weighted by atomic mass is 9.44. The molecule has 0 unspecified atom stereocenters. The summed E-state index contributed by atoms with van der Waals surface area (Å²) in [5, 5.41) is 11.3. The Morgan fingerprint density at radius 1 is 1.27 bits per heavy atom. The van der Waals surface area contributed by atoms with Crippen molar-refractivity contribution in [3.8, 4) is 0 Å². The van der Waals surface area contributed by atoms with Crippen LogP contribution < -0.4 is 0 Å². The minimum atomic E-state index is -2.30. The van der Waals surface area contributed by atoms with Crippen molar-refractivity contribution in [2.24, 2.45) is 28.6 Å². The van der Waals surface area contributed by atoms with Crippen molar-refractivity contribution in [2.45, 2.75) is 77.2 Å². The Hall–Kier alpha value is -1.96. The Morgan fingerprint density at radius 3 is 2.55 bits per heavy atom. The van der Waals surface area contributed by atoms with Gasteiger partial charge in [0.2, 0.25) is 11.6 Å². The number of esters is 1. The number of hydrogen-bond acceptors (Lipinski definition) is 5. The van der Waals surface area contributed by atoms with Crippen LogP contribution in [-0.2, 0) is 19.1 Å². The lowest BCUT2D eigenvalue weighted by Crippen LogP contribution is -2.70. The molecule has 3 fully saturated rings. The van der Waals surface area contributed by atoms with Gasteiger partial charge in [0.1, 0.15) is 0 Å². The number of aliphatic hydroxyl groups is 1.